The van der Waals surface area contributed by atoms with Crippen LogP contribution in [0.1, 0.15) is 36.1 Å². The van der Waals surface area contributed by atoms with Crippen molar-refractivity contribution in [3.05, 3.63) is 28.8 Å². The van der Waals surface area contributed by atoms with E-state index in [-0.39, 0.29) is 6.04 Å². The first kappa shape index (κ1) is 11.1. The summed E-state index contributed by atoms with van der Waals surface area (Å²) in [5, 5.41) is 0. The lowest BCUT2D eigenvalue weighted by molar-refractivity contribution is 0.408. The topological polar surface area (TPSA) is 35.2 Å². The van der Waals surface area contributed by atoms with E-state index < -0.39 is 0 Å². The summed E-state index contributed by atoms with van der Waals surface area (Å²) in [6.45, 7) is 6.20. The van der Waals surface area contributed by atoms with Gasteiger partial charge in [-0.2, -0.15) is 0 Å². The number of ether oxygens (including phenoxy) is 1. The Morgan fingerprint density at radius 1 is 1.29 bits per heavy atom. The summed E-state index contributed by atoms with van der Waals surface area (Å²) < 4.78 is 5.30. The van der Waals surface area contributed by atoms with Crippen LogP contribution in [0.3, 0.4) is 0 Å². The predicted octanol–water partition coefficient (Wildman–Crippen LogP) is 2.72. The van der Waals surface area contributed by atoms with E-state index in [0.717, 1.165) is 23.3 Å². The highest BCUT2D eigenvalue weighted by Crippen LogP contribution is 2.27. The first-order valence-electron chi connectivity index (χ1n) is 5.00. The number of benzene rings is 1. The Labute approximate surface area is 86.1 Å². The van der Waals surface area contributed by atoms with E-state index in [1.165, 1.54) is 5.56 Å². The molecule has 14 heavy (non-hydrogen) atoms. The molecule has 0 aliphatic carbocycles. The predicted molar refractivity (Wildman–Crippen MR) is 59.7 cm³/mol. The molecular formula is C12H19NO. The Bertz CT molecular complexity index is 297. The Balaban J connectivity index is 3.13. The fourth-order valence-corrected chi connectivity index (χ4v) is 1.76. The fourth-order valence-electron chi connectivity index (χ4n) is 1.76. The van der Waals surface area contributed by atoms with Gasteiger partial charge in [-0.1, -0.05) is 19.1 Å². The summed E-state index contributed by atoms with van der Waals surface area (Å²) in [5.74, 6) is 0.969. The number of aryl methyl sites for hydroxylation is 2. The molecule has 2 nitrogen and oxygen atoms in total. The molecule has 0 saturated heterocycles. The van der Waals surface area contributed by atoms with E-state index in [4.69, 9.17) is 10.5 Å². The van der Waals surface area contributed by atoms with Crippen molar-refractivity contribution in [2.45, 2.75) is 33.2 Å². The van der Waals surface area contributed by atoms with E-state index in [1.54, 1.807) is 7.11 Å². The van der Waals surface area contributed by atoms with Gasteiger partial charge in [-0.3, -0.25) is 0 Å². The number of hydrogen-bond acceptors (Lipinski definition) is 2. The van der Waals surface area contributed by atoms with E-state index in [2.05, 4.69) is 32.9 Å². The molecule has 0 spiro atoms. The Morgan fingerprint density at radius 3 is 2.14 bits per heavy atom. The third-order valence-electron chi connectivity index (χ3n) is 2.55. The van der Waals surface area contributed by atoms with Crippen molar-refractivity contribution in [1.82, 2.24) is 0 Å². The third kappa shape index (κ3) is 2.07. The minimum absolute atomic E-state index is 0.137. The van der Waals surface area contributed by atoms with Gasteiger partial charge in [0.1, 0.15) is 5.75 Å². The minimum Gasteiger partial charge on any atom is -0.496 e. The van der Waals surface area contributed by atoms with Crippen molar-refractivity contribution in [3.63, 3.8) is 0 Å². The second-order valence-corrected chi connectivity index (χ2v) is 3.70. The van der Waals surface area contributed by atoms with Gasteiger partial charge in [-0.25, -0.2) is 0 Å². The lowest BCUT2D eigenvalue weighted by Crippen LogP contribution is -2.09. The van der Waals surface area contributed by atoms with Gasteiger partial charge in [0.2, 0.25) is 0 Å². The molecule has 1 aromatic rings. The van der Waals surface area contributed by atoms with Gasteiger partial charge in [-0.05, 0) is 37.0 Å². The first-order chi connectivity index (χ1) is 6.60. The third-order valence-corrected chi connectivity index (χ3v) is 2.55. The number of hydrogen-bond donors (Lipinski definition) is 1. The Morgan fingerprint density at radius 2 is 1.79 bits per heavy atom. The number of rotatable bonds is 3. The maximum atomic E-state index is 5.98. The van der Waals surface area contributed by atoms with Crippen molar-refractivity contribution in [3.8, 4) is 5.75 Å². The molecule has 1 aromatic carbocycles. The van der Waals surface area contributed by atoms with Gasteiger partial charge in [-0.15, -0.1) is 0 Å². The maximum absolute atomic E-state index is 5.98. The van der Waals surface area contributed by atoms with Gasteiger partial charge in [0.05, 0.1) is 7.11 Å². The van der Waals surface area contributed by atoms with Crippen LogP contribution in [0, 0.1) is 13.8 Å². The molecule has 0 aliphatic rings. The zero-order chi connectivity index (χ0) is 10.7. The second kappa shape index (κ2) is 4.47. The standard InChI is InChI=1S/C12H19NO/c1-5-11(13)10-6-8(2)12(14-4)9(3)7-10/h6-7,11H,5,13H2,1-4H3/t11-/m1/s1. The summed E-state index contributed by atoms with van der Waals surface area (Å²) in [5.41, 5.74) is 9.50. The van der Waals surface area contributed by atoms with E-state index in [1.807, 2.05) is 0 Å². The SMILES string of the molecule is CC[C@@H](N)c1cc(C)c(OC)c(C)c1. The van der Waals surface area contributed by atoms with Crippen LogP contribution in [0.5, 0.6) is 5.75 Å². The van der Waals surface area contributed by atoms with Crippen LogP contribution in [0.15, 0.2) is 12.1 Å². The monoisotopic (exact) mass is 193 g/mol. The molecule has 0 bridgehead atoms. The smallest absolute Gasteiger partial charge is 0.124 e. The van der Waals surface area contributed by atoms with Crippen molar-refractivity contribution >= 4 is 0 Å². The fraction of sp³-hybridized carbons (Fsp3) is 0.500. The number of methoxy groups -OCH3 is 1. The molecule has 2 N–H and O–H groups in total. The van der Waals surface area contributed by atoms with Crippen molar-refractivity contribution in [2.75, 3.05) is 7.11 Å². The highest BCUT2D eigenvalue weighted by molar-refractivity contribution is 5.44. The van der Waals surface area contributed by atoms with Gasteiger partial charge >= 0.3 is 0 Å². The van der Waals surface area contributed by atoms with E-state index >= 15 is 0 Å². The summed E-state index contributed by atoms with van der Waals surface area (Å²) in [4.78, 5) is 0. The highest BCUT2D eigenvalue weighted by Gasteiger charge is 2.09. The molecule has 2 heteroatoms. The van der Waals surface area contributed by atoms with Crippen LogP contribution < -0.4 is 10.5 Å². The maximum Gasteiger partial charge on any atom is 0.124 e. The average Bonchev–Trinajstić information content (AvgIpc) is 2.16. The average molecular weight is 193 g/mol. The Kier molecular flexibility index (Phi) is 3.53. The largest absolute Gasteiger partial charge is 0.496 e. The molecule has 0 aliphatic heterocycles. The summed E-state index contributed by atoms with van der Waals surface area (Å²) in [7, 11) is 1.70. The molecule has 0 saturated carbocycles. The van der Waals surface area contributed by atoms with Crippen LogP contribution in [0.4, 0.5) is 0 Å². The summed E-state index contributed by atoms with van der Waals surface area (Å²) in [6.07, 6.45) is 0.964. The van der Waals surface area contributed by atoms with Crippen LogP contribution >= 0.6 is 0 Å². The van der Waals surface area contributed by atoms with E-state index in [9.17, 15) is 0 Å². The van der Waals surface area contributed by atoms with Crippen LogP contribution in [0.2, 0.25) is 0 Å². The van der Waals surface area contributed by atoms with Gasteiger partial charge in [0.15, 0.2) is 0 Å². The lowest BCUT2D eigenvalue weighted by Gasteiger charge is -2.14. The highest BCUT2D eigenvalue weighted by atomic mass is 16.5. The molecule has 1 rings (SSSR count). The molecule has 0 amide bonds. The number of nitrogens with two attached hydrogens (primary N) is 1. The normalized spacial score (nSPS) is 12.6. The molecule has 0 heterocycles. The van der Waals surface area contributed by atoms with Gasteiger partial charge < -0.3 is 10.5 Å². The van der Waals surface area contributed by atoms with E-state index in [0.29, 0.717) is 0 Å². The minimum atomic E-state index is 0.137. The molecule has 0 radical (unpaired) electrons. The molecule has 0 unspecified atom stereocenters. The Hall–Kier alpha value is -1.02. The zero-order valence-electron chi connectivity index (χ0n) is 9.42. The lowest BCUT2D eigenvalue weighted by atomic mass is 9.99. The van der Waals surface area contributed by atoms with Gasteiger partial charge in [0.25, 0.3) is 0 Å². The van der Waals surface area contributed by atoms with Crippen LogP contribution in [0.25, 0.3) is 0 Å². The van der Waals surface area contributed by atoms with Crippen LogP contribution in [-0.2, 0) is 0 Å². The summed E-state index contributed by atoms with van der Waals surface area (Å²) in [6, 6.07) is 4.36. The van der Waals surface area contributed by atoms with Crippen LogP contribution in [-0.4, -0.2) is 7.11 Å². The molecule has 1 atom stereocenters. The quantitative estimate of drug-likeness (QED) is 0.801. The molecule has 78 valence electrons. The van der Waals surface area contributed by atoms with Crippen molar-refractivity contribution in [1.29, 1.82) is 0 Å². The summed E-state index contributed by atoms with van der Waals surface area (Å²) >= 11 is 0. The van der Waals surface area contributed by atoms with Gasteiger partial charge in [0, 0.05) is 6.04 Å². The zero-order valence-corrected chi connectivity index (χ0v) is 9.42. The molecular weight excluding hydrogens is 174 g/mol. The molecule has 0 aromatic heterocycles. The molecule has 0 fully saturated rings. The first-order valence-corrected chi connectivity index (χ1v) is 5.00. The van der Waals surface area contributed by atoms with Crippen molar-refractivity contribution < 1.29 is 4.74 Å². The second-order valence-electron chi connectivity index (χ2n) is 3.70. The van der Waals surface area contributed by atoms with Crippen molar-refractivity contribution in [2.24, 2.45) is 5.73 Å².